The van der Waals surface area contributed by atoms with Gasteiger partial charge in [0, 0.05) is 73.5 Å². The van der Waals surface area contributed by atoms with Crippen molar-refractivity contribution in [2.75, 3.05) is 47.4 Å². The Balaban J connectivity index is 0.000000221. The standard InChI is InChI=1S/2C33H30Cl3F2N7O2/c2*1-7-21(46)44-16(5)12-43(13-17(44)6)31-18-10-20(34)29(22-25(37)23(35)26(38)24(36)27(22)40)42-32(18)45(33(47)19(31)11-39)30-15(4)8-9-41-28(30)14(2)3/h2*7-10,14,16-17H,1,12-13,40H2,2-6H3/t2*16-,17+. The van der Waals surface area contributed by atoms with Gasteiger partial charge in [-0.1, -0.05) is 110 Å². The Morgan fingerprint density at radius 3 is 1.18 bits per heavy atom. The summed E-state index contributed by atoms with van der Waals surface area (Å²) in [6.45, 7) is 26.8. The van der Waals surface area contributed by atoms with Crippen LogP contribution in [-0.2, 0) is 9.59 Å². The highest BCUT2D eigenvalue weighted by atomic mass is 35.5. The van der Waals surface area contributed by atoms with E-state index in [0.29, 0.717) is 33.9 Å². The molecule has 94 heavy (non-hydrogen) atoms. The van der Waals surface area contributed by atoms with Crippen molar-refractivity contribution in [3.8, 4) is 46.0 Å². The first-order valence-corrected chi connectivity index (χ1v) is 31.5. The third-order valence-electron chi connectivity index (χ3n) is 16.6. The maximum absolute atomic E-state index is 15.6. The number of benzene rings is 2. The number of nitriles is 2. The van der Waals surface area contributed by atoms with Gasteiger partial charge in [-0.3, -0.25) is 38.3 Å². The van der Waals surface area contributed by atoms with E-state index in [0.717, 1.165) is 0 Å². The minimum atomic E-state index is -1.24. The van der Waals surface area contributed by atoms with Gasteiger partial charge in [0.25, 0.3) is 11.1 Å². The van der Waals surface area contributed by atoms with Gasteiger partial charge in [0.15, 0.2) is 23.3 Å². The molecule has 488 valence electrons. The van der Waals surface area contributed by atoms with Gasteiger partial charge in [0.2, 0.25) is 11.8 Å². The van der Waals surface area contributed by atoms with Crippen LogP contribution in [0.15, 0.2) is 71.6 Å². The van der Waals surface area contributed by atoms with Crippen molar-refractivity contribution in [3.63, 3.8) is 0 Å². The van der Waals surface area contributed by atoms with E-state index < -0.39 is 77.0 Å². The molecule has 2 fully saturated rings. The van der Waals surface area contributed by atoms with E-state index in [1.165, 1.54) is 33.4 Å². The lowest BCUT2D eigenvalue weighted by atomic mass is 10.0. The Kier molecular flexibility index (Phi) is 20.1. The number of nitrogens with two attached hydrogens (primary N) is 2. The fourth-order valence-electron chi connectivity index (χ4n) is 12.6. The third kappa shape index (κ3) is 11.8. The smallest absolute Gasteiger partial charge is 0.276 e. The molecule has 4 N–H and O–H groups in total. The summed E-state index contributed by atoms with van der Waals surface area (Å²) in [6.07, 6.45) is 5.71. The van der Waals surface area contributed by atoms with Gasteiger partial charge in [0.05, 0.1) is 78.1 Å². The van der Waals surface area contributed by atoms with Crippen molar-refractivity contribution in [2.45, 2.75) is 105 Å². The molecule has 28 heteroatoms. The molecule has 8 aromatic rings. The van der Waals surface area contributed by atoms with E-state index in [1.807, 2.05) is 65.2 Å². The Hall–Kier alpha value is -8.48. The minimum Gasteiger partial charge on any atom is -0.397 e. The zero-order chi connectivity index (χ0) is 69.3. The van der Waals surface area contributed by atoms with E-state index >= 15 is 8.78 Å². The zero-order valence-corrected chi connectivity index (χ0v) is 56.8. The summed E-state index contributed by atoms with van der Waals surface area (Å²) in [5, 5.41) is 18.3. The first-order valence-electron chi connectivity index (χ1n) is 29.2. The third-order valence-corrected chi connectivity index (χ3v) is 18.6. The van der Waals surface area contributed by atoms with E-state index in [9.17, 15) is 38.5 Å². The second-order valence-electron chi connectivity index (χ2n) is 23.6. The van der Waals surface area contributed by atoms with Crippen LogP contribution in [0.5, 0.6) is 0 Å². The summed E-state index contributed by atoms with van der Waals surface area (Å²) < 4.78 is 62.9. The van der Waals surface area contributed by atoms with Crippen molar-refractivity contribution >= 4 is 126 Å². The van der Waals surface area contributed by atoms with E-state index in [1.54, 1.807) is 48.2 Å². The van der Waals surface area contributed by atoms with Gasteiger partial charge in [-0.05, 0) is 101 Å². The Morgan fingerprint density at radius 2 is 0.894 bits per heavy atom. The topological polar surface area (TPSA) is 242 Å². The molecule has 0 aliphatic carbocycles. The Bertz CT molecular complexity index is 4400. The van der Waals surface area contributed by atoms with Gasteiger partial charge in [-0.15, -0.1) is 0 Å². The molecule has 0 saturated carbocycles. The fraction of sp³-hybridized carbons (Fsp3) is 0.303. The molecule has 6 aromatic heterocycles. The lowest BCUT2D eigenvalue weighted by Gasteiger charge is -2.45. The fourth-order valence-corrected chi connectivity index (χ4v) is 13.9. The summed E-state index contributed by atoms with van der Waals surface area (Å²) >= 11 is 37.7. The van der Waals surface area contributed by atoms with Gasteiger partial charge < -0.3 is 31.1 Å². The lowest BCUT2D eigenvalue weighted by Crippen LogP contribution is -2.58. The number of hydrogen-bond acceptors (Lipinski definition) is 14. The van der Waals surface area contributed by atoms with Crippen molar-refractivity contribution in [2.24, 2.45) is 0 Å². The number of hydrogen-bond donors (Lipinski definition) is 2. The second kappa shape index (κ2) is 27.1. The Labute approximate surface area is 567 Å². The van der Waals surface area contributed by atoms with Crippen LogP contribution in [-0.4, -0.2) is 101 Å². The normalized spacial score (nSPS) is 16.6. The average molecular weight is 1400 g/mol. The van der Waals surface area contributed by atoms with Crippen molar-refractivity contribution in [1.29, 1.82) is 10.5 Å². The highest BCUT2D eigenvalue weighted by molar-refractivity contribution is 6.39. The molecule has 4 atom stereocenters. The predicted molar refractivity (Wildman–Crippen MR) is 363 cm³/mol. The molecule has 10 rings (SSSR count). The molecule has 2 aliphatic rings. The SMILES string of the molecule is C=CC(=O)N1[C@H](C)CN(c2c(C#N)c(=O)n(-c3c(C)ccnc3C(C)C)c3nc(-c4c(N)c(Cl)c(F)c(Cl)c4F)c(Cl)cc23)C[C@@H]1C.C=CC(=O)N1[C@H](C)CN(c2c(C#N)c(=O)n(-c3c(C)ccnc3C(C)C)c3nc(-c4c(N)c(Cl)c(F)c(Cl)c4F)c(Cl)cc23)C[C@@H]1C. The van der Waals surface area contributed by atoms with Crippen LogP contribution in [0.4, 0.5) is 40.3 Å². The maximum atomic E-state index is 15.6. The summed E-state index contributed by atoms with van der Waals surface area (Å²) in [4.78, 5) is 79.9. The van der Waals surface area contributed by atoms with Gasteiger partial charge >= 0.3 is 0 Å². The Morgan fingerprint density at radius 1 is 0.574 bits per heavy atom. The highest BCUT2D eigenvalue weighted by Crippen LogP contribution is 2.47. The summed E-state index contributed by atoms with van der Waals surface area (Å²) in [5.74, 6) is -5.79. The summed E-state index contributed by atoms with van der Waals surface area (Å²) in [7, 11) is 0. The van der Waals surface area contributed by atoms with Crippen molar-refractivity contribution in [3.05, 3.63) is 170 Å². The highest BCUT2D eigenvalue weighted by Gasteiger charge is 2.39. The van der Waals surface area contributed by atoms with E-state index in [2.05, 4.69) is 35.3 Å². The molecule has 8 heterocycles. The number of fused-ring (bicyclic) bond motifs is 2. The van der Waals surface area contributed by atoms with Crippen molar-refractivity contribution < 1.29 is 27.2 Å². The first-order chi connectivity index (χ1) is 44.3. The van der Waals surface area contributed by atoms with Crippen LogP contribution < -0.4 is 32.4 Å². The molecular weight excluding hydrogens is 1340 g/mol. The van der Waals surface area contributed by atoms with Gasteiger partial charge in [-0.25, -0.2) is 27.5 Å². The number of nitrogen functional groups attached to an aromatic ring is 2. The van der Waals surface area contributed by atoms with Gasteiger partial charge in [-0.2, -0.15) is 10.5 Å². The predicted octanol–water partition coefficient (Wildman–Crippen LogP) is 14.4. The summed E-state index contributed by atoms with van der Waals surface area (Å²) in [5.41, 5.74) is 11.6. The van der Waals surface area contributed by atoms with Crippen LogP contribution in [0.25, 0.3) is 56.0 Å². The largest absolute Gasteiger partial charge is 0.397 e. The molecule has 2 aromatic carbocycles. The molecule has 0 bridgehead atoms. The van der Waals surface area contributed by atoms with E-state index in [4.69, 9.17) is 91.0 Å². The molecule has 0 radical (unpaired) electrons. The lowest BCUT2D eigenvalue weighted by molar-refractivity contribution is -0.131. The van der Waals surface area contributed by atoms with Crippen molar-refractivity contribution in [1.82, 2.24) is 38.9 Å². The number of carbonyl (C=O) groups excluding carboxylic acids is 2. The molecule has 2 aliphatic heterocycles. The second-order valence-corrected chi connectivity index (χ2v) is 25.9. The maximum Gasteiger partial charge on any atom is 0.276 e. The van der Waals surface area contributed by atoms with E-state index in [-0.39, 0.29) is 140 Å². The molecule has 2 amide bonds. The number of carbonyl (C=O) groups is 2. The molecular formula is C66H60Cl6F4N14O4. The monoisotopic (exact) mass is 1400 g/mol. The number of nitrogens with zero attached hydrogens (tertiary/aromatic N) is 12. The van der Waals surface area contributed by atoms with Crippen LogP contribution >= 0.6 is 69.6 Å². The molecule has 0 spiro atoms. The van der Waals surface area contributed by atoms with Crippen LogP contribution in [0.3, 0.4) is 0 Å². The number of halogens is 10. The summed E-state index contributed by atoms with van der Waals surface area (Å²) in [6, 6.07) is 9.19. The van der Waals surface area contributed by atoms with Crippen LogP contribution in [0.2, 0.25) is 30.1 Å². The number of amides is 2. The molecule has 18 nitrogen and oxygen atoms in total. The zero-order valence-electron chi connectivity index (χ0n) is 52.3. The number of pyridine rings is 6. The van der Waals surface area contributed by atoms with Gasteiger partial charge in [0.1, 0.15) is 54.7 Å². The van der Waals surface area contributed by atoms with Crippen LogP contribution in [0.1, 0.15) is 101 Å². The van der Waals surface area contributed by atoms with Crippen LogP contribution in [0, 0.1) is 59.8 Å². The minimum absolute atomic E-state index is 0.00155. The number of aryl methyl sites for hydroxylation is 2. The number of rotatable bonds is 10. The number of piperazine rings is 2. The average Bonchev–Trinajstić information content (AvgIpc) is 0.730. The molecule has 2 saturated heterocycles. The first kappa shape index (κ1) is 69.9. The number of aromatic nitrogens is 6. The molecule has 0 unspecified atom stereocenters. The number of anilines is 4. The quantitative estimate of drug-likeness (QED) is 0.0425.